The van der Waals surface area contributed by atoms with Gasteiger partial charge in [0.25, 0.3) is 5.91 Å². The molecule has 1 aromatic carbocycles. The third-order valence-corrected chi connectivity index (χ3v) is 3.96. The number of halogens is 2. The fourth-order valence-electron chi connectivity index (χ4n) is 2.16. The smallest absolute Gasteiger partial charge is 0.253 e. The summed E-state index contributed by atoms with van der Waals surface area (Å²) in [6.45, 7) is 6.25. The minimum atomic E-state index is -0.394. The minimum Gasteiger partial charge on any atom is -0.352 e. The average Bonchev–Trinajstić information content (AvgIpc) is 2.44. The first-order valence-corrected chi connectivity index (χ1v) is 8.57. The van der Waals surface area contributed by atoms with Crippen molar-refractivity contribution in [2.45, 2.75) is 46.1 Å². The van der Waals surface area contributed by atoms with Crippen LogP contribution in [0.1, 0.15) is 50.4 Å². The van der Waals surface area contributed by atoms with Gasteiger partial charge in [-0.1, -0.05) is 49.9 Å². The second-order valence-corrected chi connectivity index (χ2v) is 6.94. The number of nitrogens with one attached hydrogen (secondary N) is 2. The van der Waals surface area contributed by atoms with Gasteiger partial charge in [-0.15, -0.1) is 0 Å². The van der Waals surface area contributed by atoms with Crippen LogP contribution < -0.4 is 10.6 Å². The molecule has 4 nitrogen and oxygen atoms in total. The van der Waals surface area contributed by atoms with E-state index in [0.717, 1.165) is 19.3 Å². The summed E-state index contributed by atoms with van der Waals surface area (Å²) >= 11 is 11.7. The Balaban J connectivity index is 2.36. The first kappa shape index (κ1) is 19.8. The summed E-state index contributed by atoms with van der Waals surface area (Å²) in [6.07, 6.45) is 3.15. The third kappa shape index (κ3) is 7.71. The SMILES string of the molecule is CC(C)CCCC(C)NC(=O)CNC(=O)c1ccc(Cl)cc1Cl. The standard InChI is InChI=1S/C17H24Cl2N2O2/c1-11(2)5-4-6-12(3)21-16(22)10-20-17(23)14-8-7-13(18)9-15(14)19/h7-9,11-12H,4-6,10H2,1-3H3,(H,20,23)(H,21,22). The van der Waals surface area contributed by atoms with Gasteiger partial charge in [-0.25, -0.2) is 0 Å². The van der Waals surface area contributed by atoms with E-state index in [1.807, 2.05) is 6.92 Å². The van der Waals surface area contributed by atoms with Gasteiger partial charge in [0.15, 0.2) is 0 Å². The molecule has 0 bridgehead atoms. The van der Waals surface area contributed by atoms with Crippen LogP contribution >= 0.6 is 23.2 Å². The van der Waals surface area contributed by atoms with Crippen LogP contribution in [-0.4, -0.2) is 24.4 Å². The molecule has 0 heterocycles. The molecule has 128 valence electrons. The van der Waals surface area contributed by atoms with Crippen LogP contribution in [0.25, 0.3) is 0 Å². The van der Waals surface area contributed by atoms with Gasteiger partial charge in [0.05, 0.1) is 17.1 Å². The summed E-state index contributed by atoms with van der Waals surface area (Å²) in [5, 5.41) is 6.16. The molecule has 0 saturated carbocycles. The highest BCUT2D eigenvalue weighted by molar-refractivity contribution is 6.36. The van der Waals surface area contributed by atoms with Gasteiger partial charge in [0, 0.05) is 11.1 Å². The van der Waals surface area contributed by atoms with Crippen molar-refractivity contribution >= 4 is 35.0 Å². The maximum Gasteiger partial charge on any atom is 0.253 e. The van der Waals surface area contributed by atoms with E-state index in [1.54, 1.807) is 6.07 Å². The second-order valence-electron chi connectivity index (χ2n) is 6.10. The Bertz CT molecular complexity index is 547. The lowest BCUT2D eigenvalue weighted by Gasteiger charge is -2.15. The molecule has 2 N–H and O–H groups in total. The molecule has 1 unspecified atom stereocenters. The molecule has 1 atom stereocenters. The topological polar surface area (TPSA) is 58.2 Å². The highest BCUT2D eigenvalue weighted by Crippen LogP contribution is 2.20. The maximum absolute atomic E-state index is 12.0. The van der Waals surface area contributed by atoms with Crippen LogP contribution in [0.5, 0.6) is 0 Å². The minimum absolute atomic E-state index is 0.0771. The highest BCUT2D eigenvalue weighted by atomic mass is 35.5. The molecule has 0 radical (unpaired) electrons. The summed E-state index contributed by atoms with van der Waals surface area (Å²) in [5.74, 6) is 0.0658. The Hall–Kier alpha value is -1.26. The Morgan fingerprint density at radius 1 is 1.13 bits per heavy atom. The molecule has 0 aliphatic rings. The lowest BCUT2D eigenvalue weighted by Crippen LogP contribution is -2.40. The fourth-order valence-corrected chi connectivity index (χ4v) is 2.65. The van der Waals surface area contributed by atoms with E-state index in [-0.39, 0.29) is 23.5 Å². The van der Waals surface area contributed by atoms with Gasteiger partial charge in [0.2, 0.25) is 5.91 Å². The average molecular weight is 359 g/mol. The van der Waals surface area contributed by atoms with Crippen molar-refractivity contribution in [1.29, 1.82) is 0 Å². The number of hydrogen-bond acceptors (Lipinski definition) is 2. The zero-order valence-electron chi connectivity index (χ0n) is 13.8. The second kappa shape index (κ2) is 9.78. The number of benzene rings is 1. The molecule has 0 aliphatic heterocycles. The van der Waals surface area contributed by atoms with E-state index in [0.29, 0.717) is 16.5 Å². The third-order valence-electron chi connectivity index (χ3n) is 3.41. The van der Waals surface area contributed by atoms with Crippen molar-refractivity contribution < 1.29 is 9.59 Å². The Morgan fingerprint density at radius 2 is 1.83 bits per heavy atom. The summed E-state index contributed by atoms with van der Waals surface area (Å²) in [4.78, 5) is 23.8. The van der Waals surface area contributed by atoms with Crippen LogP contribution in [0.4, 0.5) is 0 Å². The molecule has 1 aromatic rings. The lowest BCUT2D eigenvalue weighted by atomic mass is 10.0. The van der Waals surface area contributed by atoms with Gasteiger partial charge >= 0.3 is 0 Å². The van der Waals surface area contributed by atoms with Crippen molar-refractivity contribution in [1.82, 2.24) is 10.6 Å². The molecular weight excluding hydrogens is 335 g/mol. The van der Waals surface area contributed by atoms with Crippen molar-refractivity contribution in [2.24, 2.45) is 5.92 Å². The van der Waals surface area contributed by atoms with Crippen molar-refractivity contribution in [3.63, 3.8) is 0 Å². The van der Waals surface area contributed by atoms with Crippen LogP contribution in [0.3, 0.4) is 0 Å². The number of carbonyl (C=O) groups excluding carboxylic acids is 2. The number of carbonyl (C=O) groups is 2. The van der Waals surface area contributed by atoms with Gasteiger partial charge in [-0.05, 0) is 37.5 Å². The molecule has 0 fully saturated rings. The number of rotatable bonds is 8. The first-order valence-electron chi connectivity index (χ1n) is 7.82. The summed E-state index contributed by atoms with van der Waals surface area (Å²) in [7, 11) is 0. The zero-order chi connectivity index (χ0) is 17.4. The van der Waals surface area contributed by atoms with Crippen LogP contribution in [-0.2, 0) is 4.79 Å². The van der Waals surface area contributed by atoms with E-state index >= 15 is 0 Å². The van der Waals surface area contributed by atoms with E-state index in [2.05, 4.69) is 24.5 Å². The monoisotopic (exact) mass is 358 g/mol. The summed E-state index contributed by atoms with van der Waals surface area (Å²) < 4.78 is 0. The molecule has 0 aromatic heterocycles. The van der Waals surface area contributed by atoms with Gasteiger partial charge in [-0.2, -0.15) is 0 Å². The molecule has 0 saturated heterocycles. The zero-order valence-corrected chi connectivity index (χ0v) is 15.3. The Kier molecular flexibility index (Phi) is 8.42. The van der Waals surface area contributed by atoms with E-state index < -0.39 is 5.91 Å². The predicted octanol–water partition coefficient (Wildman–Crippen LogP) is 4.05. The van der Waals surface area contributed by atoms with Crippen molar-refractivity contribution in [3.8, 4) is 0 Å². The van der Waals surface area contributed by atoms with Gasteiger partial charge < -0.3 is 10.6 Å². The van der Waals surface area contributed by atoms with Gasteiger partial charge in [-0.3, -0.25) is 9.59 Å². The van der Waals surface area contributed by atoms with E-state index in [9.17, 15) is 9.59 Å². The first-order chi connectivity index (χ1) is 10.8. The maximum atomic E-state index is 12.0. The molecule has 0 spiro atoms. The lowest BCUT2D eigenvalue weighted by molar-refractivity contribution is -0.120. The molecule has 23 heavy (non-hydrogen) atoms. The summed E-state index contributed by atoms with van der Waals surface area (Å²) in [5.41, 5.74) is 0.300. The highest BCUT2D eigenvalue weighted by Gasteiger charge is 2.13. The molecule has 1 rings (SSSR count). The van der Waals surface area contributed by atoms with Gasteiger partial charge in [0.1, 0.15) is 0 Å². The quantitative estimate of drug-likeness (QED) is 0.736. The Morgan fingerprint density at radius 3 is 2.43 bits per heavy atom. The Labute approximate surface area is 147 Å². The van der Waals surface area contributed by atoms with Crippen LogP contribution in [0.2, 0.25) is 10.0 Å². The van der Waals surface area contributed by atoms with E-state index in [4.69, 9.17) is 23.2 Å². The fraction of sp³-hybridized carbons (Fsp3) is 0.529. The molecule has 2 amide bonds. The van der Waals surface area contributed by atoms with Crippen molar-refractivity contribution in [2.75, 3.05) is 6.54 Å². The molecule has 0 aliphatic carbocycles. The van der Waals surface area contributed by atoms with Crippen LogP contribution in [0.15, 0.2) is 18.2 Å². The van der Waals surface area contributed by atoms with E-state index in [1.165, 1.54) is 12.1 Å². The molecular formula is C17H24Cl2N2O2. The normalized spacial score (nSPS) is 12.1. The largest absolute Gasteiger partial charge is 0.352 e. The van der Waals surface area contributed by atoms with Crippen molar-refractivity contribution in [3.05, 3.63) is 33.8 Å². The number of amides is 2. The van der Waals surface area contributed by atoms with Crippen LogP contribution in [0, 0.1) is 5.92 Å². The molecule has 6 heteroatoms. The summed E-state index contributed by atoms with van der Waals surface area (Å²) in [6, 6.07) is 4.71. The number of hydrogen-bond donors (Lipinski definition) is 2. The predicted molar refractivity (Wildman–Crippen MR) is 95.1 cm³/mol.